The molecule has 1 unspecified atom stereocenters. The molecule has 0 saturated heterocycles. The number of aryl methyl sites for hydroxylation is 2. The van der Waals surface area contributed by atoms with Crippen molar-refractivity contribution in [1.29, 1.82) is 0 Å². The third-order valence-electron chi connectivity index (χ3n) is 5.97. The second-order valence-electron chi connectivity index (χ2n) is 8.52. The zero-order valence-electron chi connectivity index (χ0n) is 19.3. The van der Waals surface area contributed by atoms with Crippen LogP contribution in [0.3, 0.4) is 0 Å². The molecule has 5 aromatic rings. The van der Waals surface area contributed by atoms with Gasteiger partial charge in [-0.2, -0.15) is 0 Å². The summed E-state index contributed by atoms with van der Waals surface area (Å²) in [5.41, 5.74) is 6.64. The second kappa shape index (κ2) is 9.83. The van der Waals surface area contributed by atoms with Gasteiger partial charge in [0.05, 0.1) is 30.0 Å². The predicted molar refractivity (Wildman–Crippen MR) is 137 cm³/mol. The monoisotopic (exact) mass is 469 g/mol. The minimum Gasteiger partial charge on any atom is -0.390 e. The number of imidazole rings is 1. The van der Waals surface area contributed by atoms with Crippen molar-refractivity contribution < 1.29 is 5.11 Å². The zero-order chi connectivity index (χ0) is 23.5. The Morgan fingerprint density at radius 1 is 0.912 bits per heavy atom. The molecule has 3 aromatic carbocycles. The fourth-order valence-corrected chi connectivity index (χ4v) is 4.92. The van der Waals surface area contributed by atoms with Crippen molar-refractivity contribution in [2.75, 3.05) is 5.75 Å². The summed E-state index contributed by atoms with van der Waals surface area (Å²) in [5.74, 6) is 1.38. The zero-order valence-corrected chi connectivity index (χ0v) is 20.1. The van der Waals surface area contributed by atoms with Crippen LogP contribution in [-0.4, -0.2) is 41.3 Å². The van der Waals surface area contributed by atoms with Crippen LogP contribution in [-0.2, 0) is 13.0 Å². The molecule has 5 rings (SSSR count). The smallest absolute Gasteiger partial charge is 0.195 e. The Labute approximate surface area is 203 Å². The van der Waals surface area contributed by atoms with Crippen LogP contribution in [0.5, 0.6) is 0 Å². The molecule has 1 N–H and O–H groups in total. The molecule has 34 heavy (non-hydrogen) atoms. The molecule has 6 nitrogen and oxygen atoms in total. The van der Waals surface area contributed by atoms with Crippen LogP contribution in [0.4, 0.5) is 0 Å². The van der Waals surface area contributed by atoms with Gasteiger partial charge < -0.3 is 9.67 Å². The first-order valence-corrected chi connectivity index (χ1v) is 12.3. The Hall–Kier alpha value is -3.42. The van der Waals surface area contributed by atoms with E-state index in [0.29, 0.717) is 18.7 Å². The number of fused-ring (bicyclic) bond motifs is 1. The van der Waals surface area contributed by atoms with Crippen molar-refractivity contribution in [2.24, 2.45) is 0 Å². The van der Waals surface area contributed by atoms with Gasteiger partial charge in [0.15, 0.2) is 5.16 Å². The van der Waals surface area contributed by atoms with Crippen LogP contribution in [0.2, 0.25) is 0 Å². The van der Waals surface area contributed by atoms with Gasteiger partial charge in [0.1, 0.15) is 5.82 Å². The first kappa shape index (κ1) is 22.4. The molecule has 0 aliphatic rings. The summed E-state index contributed by atoms with van der Waals surface area (Å²) >= 11 is 1.52. The minimum absolute atomic E-state index is 0.475. The molecular weight excluding hydrogens is 442 g/mol. The topological polar surface area (TPSA) is 68.8 Å². The number of aliphatic hydroxyl groups excluding tert-OH is 1. The average molecular weight is 470 g/mol. The number of thioether (sulfide) groups is 1. The van der Waals surface area contributed by atoms with Gasteiger partial charge in [-0.3, -0.25) is 4.57 Å². The highest BCUT2D eigenvalue weighted by atomic mass is 32.2. The molecule has 0 amide bonds. The highest BCUT2D eigenvalue weighted by molar-refractivity contribution is 7.99. The Morgan fingerprint density at radius 3 is 2.38 bits per heavy atom. The maximum absolute atomic E-state index is 10.8. The maximum atomic E-state index is 10.8. The molecule has 1 atom stereocenters. The van der Waals surface area contributed by atoms with E-state index in [4.69, 9.17) is 0 Å². The highest BCUT2D eigenvalue weighted by Gasteiger charge is 2.17. The van der Waals surface area contributed by atoms with E-state index in [1.807, 2.05) is 47.3 Å². The largest absolute Gasteiger partial charge is 0.390 e. The number of rotatable bonds is 8. The summed E-state index contributed by atoms with van der Waals surface area (Å²) in [7, 11) is 0. The van der Waals surface area contributed by atoms with Gasteiger partial charge in [0, 0.05) is 17.9 Å². The van der Waals surface area contributed by atoms with E-state index in [2.05, 4.69) is 70.0 Å². The molecule has 0 bridgehead atoms. The first-order valence-electron chi connectivity index (χ1n) is 11.3. The Bertz CT molecular complexity index is 1400. The molecule has 0 fully saturated rings. The third-order valence-corrected chi connectivity index (χ3v) is 7.04. The van der Waals surface area contributed by atoms with E-state index in [9.17, 15) is 5.11 Å². The predicted octanol–water partition coefficient (Wildman–Crippen LogP) is 4.98. The molecule has 172 valence electrons. The Kier molecular flexibility index (Phi) is 6.47. The lowest BCUT2D eigenvalue weighted by Gasteiger charge is -2.14. The molecule has 0 radical (unpaired) electrons. The van der Waals surface area contributed by atoms with E-state index in [1.54, 1.807) is 0 Å². The minimum atomic E-state index is -0.553. The number of hydrogen-bond donors (Lipinski definition) is 1. The van der Waals surface area contributed by atoms with E-state index in [0.717, 1.165) is 27.7 Å². The maximum Gasteiger partial charge on any atom is 0.195 e. The van der Waals surface area contributed by atoms with Gasteiger partial charge in [0.25, 0.3) is 0 Å². The van der Waals surface area contributed by atoms with Gasteiger partial charge in [-0.1, -0.05) is 60.3 Å². The summed E-state index contributed by atoms with van der Waals surface area (Å²) in [6, 6.07) is 24.6. The van der Waals surface area contributed by atoms with Gasteiger partial charge in [-0.25, -0.2) is 4.98 Å². The summed E-state index contributed by atoms with van der Waals surface area (Å²) < 4.78 is 4.11. The molecule has 7 heteroatoms. The molecule has 0 aliphatic heterocycles. The summed E-state index contributed by atoms with van der Waals surface area (Å²) in [6.07, 6.45) is 1.94. The Morgan fingerprint density at radius 2 is 1.62 bits per heavy atom. The quantitative estimate of drug-likeness (QED) is 0.325. The van der Waals surface area contributed by atoms with Crippen molar-refractivity contribution in [1.82, 2.24) is 24.3 Å². The molecule has 0 spiro atoms. The van der Waals surface area contributed by atoms with E-state index < -0.39 is 6.10 Å². The Balaban J connectivity index is 1.34. The molecule has 2 aromatic heterocycles. The first-order chi connectivity index (χ1) is 16.6. The molecule has 0 saturated carbocycles. The van der Waals surface area contributed by atoms with Crippen LogP contribution in [0.15, 0.2) is 84.3 Å². The average Bonchev–Trinajstić information content (AvgIpc) is 3.43. The van der Waals surface area contributed by atoms with Gasteiger partial charge in [-0.05, 0) is 54.8 Å². The number of benzene rings is 3. The van der Waals surface area contributed by atoms with Gasteiger partial charge in [0.2, 0.25) is 0 Å². The third kappa shape index (κ3) is 4.76. The lowest BCUT2D eigenvalue weighted by molar-refractivity contribution is 0.179. The number of aromatic nitrogens is 5. The van der Waals surface area contributed by atoms with Crippen LogP contribution in [0, 0.1) is 13.8 Å². The highest BCUT2D eigenvalue weighted by Crippen LogP contribution is 2.25. The number of para-hydroxylation sites is 1. The second-order valence-corrected chi connectivity index (χ2v) is 9.51. The van der Waals surface area contributed by atoms with Crippen LogP contribution >= 0.6 is 11.8 Å². The van der Waals surface area contributed by atoms with Crippen molar-refractivity contribution in [3.63, 3.8) is 0 Å². The van der Waals surface area contributed by atoms with Gasteiger partial charge in [-0.15, -0.1) is 10.2 Å². The fourth-order valence-electron chi connectivity index (χ4n) is 4.03. The summed E-state index contributed by atoms with van der Waals surface area (Å²) in [5, 5.41) is 20.6. The SMILES string of the molecule is Cc1cc2ncn(CC(O)CSc3nnc(Cc4ccccc4)n3-c3ccccc3)c2cc1C. The summed E-state index contributed by atoms with van der Waals surface area (Å²) in [4.78, 5) is 4.51. The van der Waals surface area contributed by atoms with Crippen LogP contribution < -0.4 is 0 Å². The van der Waals surface area contributed by atoms with E-state index in [1.165, 1.54) is 28.5 Å². The lowest BCUT2D eigenvalue weighted by Crippen LogP contribution is -2.18. The van der Waals surface area contributed by atoms with Crippen LogP contribution in [0.1, 0.15) is 22.5 Å². The van der Waals surface area contributed by atoms with Gasteiger partial charge >= 0.3 is 0 Å². The molecule has 0 aliphatic carbocycles. The van der Waals surface area contributed by atoms with Crippen molar-refractivity contribution in [3.05, 3.63) is 102 Å². The molecular formula is C27H27N5OS. The number of aliphatic hydroxyl groups is 1. The number of nitrogens with zero attached hydrogens (tertiary/aromatic N) is 5. The van der Waals surface area contributed by atoms with Crippen LogP contribution in [0.25, 0.3) is 16.7 Å². The normalized spacial score (nSPS) is 12.3. The van der Waals surface area contributed by atoms with Crippen molar-refractivity contribution in [3.8, 4) is 5.69 Å². The van der Waals surface area contributed by atoms with Crippen molar-refractivity contribution >= 4 is 22.8 Å². The van der Waals surface area contributed by atoms with Crippen molar-refractivity contribution in [2.45, 2.75) is 38.1 Å². The fraction of sp³-hybridized carbons (Fsp3) is 0.222. The number of hydrogen-bond acceptors (Lipinski definition) is 5. The summed E-state index contributed by atoms with van der Waals surface area (Å²) in [6.45, 7) is 4.67. The van der Waals surface area contributed by atoms with E-state index in [-0.39, 0.29) is 0 Å². The molecule has 2 heterocycles. The van der Waals surface area contributed by atoms with E-state index >= 15 is 0 Å². The lowest BCUT2D eigenvalue weighted by atomic mass is 10.1. The standard InChI is InChI=1S/C27H27N5OS/c1-19-13-24-25(14-20(19)2)31(18-28-24)16-23(33)17-34-27-30-29-26(15-21-9-5-3-6-10-21)32(27)22-11-7-4-8-12-22/h3-14,18,23,33H,15-17H2,1-2H3.